The molecule has 0 radical (unpaired) electrons. The minimum Gasteiger partial charge on any atom is -0.504 e. The van der Waals surface area contributed by atoms with Crippen LogP contribution in [0.15, 0.2) is 33.0 Å². The van der Waals surface area contributed by atoms with Crippen LogP contribution in [0, 0.1) is 0 Å². The van der Waals surface area contributed by atoms with Gasteiger partial charge >= 0.3 is 0 Å². The Morgan fingerprint density at radius 2 is 2.29 bits per heavy atom. The van der Waals surface area contributed by atoms with Crippen molar-refractivity contribution in [3.63, 3.8) is 0 Å². The Hall–Kier alpha value is -3.10. The summed E-state index contributed by atoms with van der Waals surface area (Å²) >= 11 is 0. The van der Waals surface area contributed by atoms with E-state index in [1.165, 1.54) is 12.3 Å². The Bertz CT molecular complexity index is 679. The lowest BCUT2D eigenvalue weighted by molar-refractivity contribution is 0.308. The third kappa shape index (κ3) is 3.47. The molecule has 0 saturated heterocycles. The second-order valence-corrected chi connectivity index (χ2v) is 3.89. The van der Waals surface area contributed by atoms with E-state index in [9.17, 15) is 5.11 Å². The van der Waals surface area contributed by atoms with Gasteiger partial charge in [0.05, 0.1) is 12.8 Å². The minimum atomic E-state index is -0.0196. The van der Waals surface area contributed by atoms with Crippen molar-refractivity contribution in [2.75, 3.05) is 12.3 Å². The maximum absolute atomic E-state index is 9.58. The van der Waals surface area contributed by atoms with Crippen molar-refractivity contribution in [1.82, 2.24) is 10.3 Å². The van der Waals surface area contributed by atoms with Crippen molar-refractivity contribution in [1.29, 1.82) is 0 Å². The average Bonchev–Trinajstić information content (AvgIpc) is 2.89. The zero-order chi connectivity index (χ0) is 15.2. The van der Waals surface area contributed by atoms with Gasteiger partial charge in [-0.25, -0.2) is 4.63 Å². The van der Waals surface area contributed by atoms with Crippen LogP contribution >= 0.6 is 0 Å². The molecular formula is C12H14N6O3. The first-order valence-electron chi connectivity index (χ1n) is 6.02. The molecule has 0 unspecified atom stereocenters. The third-order valence-corrected chi connectivity index (χ3v) is 2.41. The second kappa shape index (κ2) is 6.37. The topological polar surface area (TPSA) is 145 Å². The molecule has 21 heavy (non-hydrogen) atoms. The number of aromatic nitrogens is 2. The number of phenolic OH excluding ortho intramolecular Hbond substituents is 1. The monoisotopic (exact) mass is 290 g/mol. The Labute approximate surface area is 119 Å². The number of aromatic hydroxyl groups is 1. The number of hydrogen-bond acceptors (Lipinski definition) is 8. The Kier molecular flexibility index (Phi) is 4.34. The standard InChI is InChI=1S/C12H14N6O3/c1-2-20-9-5-7(3-4-8(9)19)6-15-16-11(13)10-12(14)18-21-17-10/h3-6,19H,2H2,1H3,(H2,13,16)(H2,14,18)/b15-6-. The molecule has 5 N–H and O–H groups in total. The first-order chi connectivity index (χ1) is 10.1. The SMILES string of the molecule is CCOc1cc(/C=N\N=C(N)c2nonc2N)ccc1O. The first-order valence-corrected chi connectivity index (χ1v) is 6.02. The summed E-state index contributed by atoms with van der Waals surface area (Å²) in [6, 6.07) is 4.78. The molecule has 1 heterocycles. The van der Waals surface area contributed by atoms with Crippen molar-refractivity contribution < 1.29 is 14.5 Å². The van der Waals surface area contributed by atoms with Crippen LogP contribution in [-0.4, -0.2) is 34.1 Å². The average molecular weight is 290 g/mol. The fraction of sp³-hybridized carbons (Fsp3) is 0.167. The number of nitrogens with two attached hydrogens (primary N) is 2. The smallest absolute Gasteiger partial charge is 0.199 e. The minimum absolute atomic E-state index is 0.0196. The highest BCUT2D eigenvalue weighted by Gasteiger charge is 2.10. The molecule has 0 atom stereocenters. The van der Waals surface area contributed by atoms with Crippen molar-refractivity contribution in [2.24, 2.45) is 15.9 Å². The van der Waals surface area contributed by atoms with E-state index in [0.29, 0.717) is 17.9 Å². The van der Waals surface area contributed by atoms with Gasteiger partial charge in [0.25, 0.3) is 0 Å². The van der Waals surface area contributed by atoms with Gasteiger partial charge in [-0.3, -0.25) is 0 Å². The van der Waals surface area contributed by atoms with Gasteiger partial charge in [-0.2, -0.15) is 5.10 Å². The van der Waals surface area contributed by atoms with Crippen molar-refractivity contribution in [2.45, 2.75) is 6.92 Å². The highest BCUT2D eigenvalue weighted by Crippen LogP contribution is 2.26. The van der Waals surface area contributed by atoms with Crippen molar-refractivity contribution >= 4 is 17.9 Å². The number of rotatable bonds is 5. The van der Waals surface area contributed by atoms with Gasteiger partial charge in [0, 0.05) is 0 Å². The fourth-order valence-electron chi connectivity index (χ4n) is 1.46. The normalized spacial score (nSPS) is 12.0. The highest BCUT2D eigenvalue weighted by atomic mass is 16.6. The molecule has 0 bridgehead atoms. The van der Waals surface area contributed by atoms with Crippen LogP contribution in [0.2, 0.25) is 0 Å². The fourth-order valence-corrected chi connectivity index (χ4v) is 1.46. The quantitative estimate of drug-likeness (QED) is 0.412. The number of anilines is 1. The molecule has 1 aromatic carbocycles. The van der Waals surface area contributed by atoms with E-state index in [1.54, 1.807) is 12.1 Å². The number of nitrogens with zero attached hydrogens (tertiary/aromatic N) is 4. The van der Waals surface area contributed by atoms with Crippen LogP contribution in [0.1, 0.15) is 18.2 Å². The van der Waals surface area contributed by atoms with Gasteiger partial charge in [-0.15, -0.1) is 5.10 Å². The molecule has 0 aliphatic rings. The lowest BCUT2D eigenvalue weighted by atomic mass is 10.2. The van der Waals surface area contributed by atoms with Gasteiger partial charge in [0.15, 0.2) is 28.8 Å². The zero-order valence-electron chi connectivity index (χ0n) is 11.2. The summed E-state index contributed by atoms with van der Waals surface area (Å²) < 4.78 is 9.66. The Morgan fingerprint density at radius 1 is 1.48 bits per heavy atom. The van der Waals surface area contributed by atoms with Crippen molar-refractivity contribution in [3.8, 4) is 11.5 Å². The number of phenols is 1. The first kappa shape index (κ1) is 14.3. The van der Waals surface area contributed by atoms with Gasteiger partial charge in [-0.1, -0.05) is 0 Å². The van der Waals surface area contributed by atoms with Crippen LogP contribution in [0.3, 0.4) is 0 Å². The molecule has 0 saturated carbocycles. The lowest BCUT2D eigenvalue weighted by Crippen LogP contribution is -2.15. The number of nitrogen functional groups attached to an aromatic ring is 1. The molecule has 110 valence electrons. The van der Waals surface area contributed by atoms with E-state index in [-0.39, 0.29) is 23.1 Å². The summed E-state index contributed by atoms with van der Waals surface area (Å²) in [5.74, 6) is 0.435. The lowest BCUT2D eigenvalue weighted by Gasteiger charge is -2.05. The maximum atomic E-state index is 9.58. The summed E-state index contributed by atoms with van der Waals surface area (Å²) in [4.78, 5) is 0. The van der Waals surface area contributed by atoms with E-state index < -0.39 is 0 Å². The molecular weight excluding hydrogens is 276 g/mol. The van der Waals surface area contributed by atoms with Crippen LogP contribution in [0.4, 0.5) is 5.82 Å². The molecule has 2 aromatic rings. The predicted molar refractivity (Wildman–Crippen MR) is 76.3 cm³/mol. The van der Waals surface area contributed by atoms with Crippen LogP contribution in [-0.2, 0) is 0 Å². The highest BCUT2D eigenvalue weighted by molar-refractivity contribution is 5.99. The molecule has 1 aromatic heterocycles. The van der Waals surface area contributed by atoms with E-state index >= 15 is 0 Å². The summed E-state index contributed by atoms with van der Waals surface area (Å²) in [6.07, 6.45) is 1.44. The van der Waals surface area contributed by atoms with Crippen LogP contribution < -0.4 is 16.2 Å². The molecule has 9 heteroatoms. The summed E-state index contributed by atoms with van der Waals surface area (Å²) in [5.41, 5.74) is 11.9. The second-order valence-electron chi connectivity index (χ2n) is 3.89. The Balaban J connectivity index is 2.14. The maximum Gasteiger partial charge on any atom is 0.199 e. The van der Waals surface area contributed by atoms with Crippen molar-refractivity contribution in [3.05, 3.63) is 29.5 Å². The molecule has 0 aliphatic heterocycles. The third-order valence-electron chi connectivity index (χ3n) is 2.41. The number of benzene rings is 1. The summed E-state index contributed by atoms with van der Waals surface area (Å²) in [7, 11) is 0. The molecule has 0 fully saturated rings. The molecule has 9 nitrogen and oxygen atoms in total. The molecule has 0 amide bonds. The summed E-state index contributed by atoms with van der Waals surface area (Å²) in [5, 5.41) is 24.0. The van der Waals surface area contributed by atoms with Gasteiger partial charge < -0.3 is 21.3 Å². The predicted octanol–water partition coefficient (Wildman–Crippen LogP) is 0.495. The molecule has 0 spiro atoms. The molecule has 0 aliphatic carbocycles. The van der Waals surface area contributed by atoms with Gasteiger partial charge in [0.2, 0.25) is 0 Å². The van der Waals surface area contributed by atoms with Gasteiger partial charge in [-0.05, 0) is 41.0 Å². The summed E-state index contributed by atoms with van der Waals surface area (Å²) in [6.45, 7) is 2.26. The van der Waals surface area contributed by atoms with E-state index in [0.717, 1.165) is 0 Å². The van der Waals surface area contributed by atoms with Gasteiger partial charge in [0.1, 0.15) is 0 Å². The largest absolute Gasteiger partial charge is 0.504 e. The van der Waals surface area contributed by atoms with E-state index in [1.807, 2.05) is 6.92 Å². The van der Waals surface area contributed by atoms with Crippen LogP contribution in [0.5, 0.6) is 11.5 Å². The Morgan fingerprint density at radius 3 is 2.95 bits per heavy atom. The molecule has 2 rings (SSSR count). The number of ether oxygens (including phenoxy) is 1. The zero-order valence-corrected chi connectivity index (χ0v) is 11.2. The number of hydrogen-bond donors (Lipinski definition) is 3. The van der Waals surface area contributed by atoms with E-state index in [2.05, 4.69) is 25.1 Å². The van der Waals surface area contributed by atoms with Crippen LogP contribution in [0.25, 0.3) is 0 Å². The van der Waals surface area contributed by atoms with E-state index in [4.69, 9.17) is 16.2 Å². The number of amidine groups is 1.